The van der Waals surface area contributed by atoms with Crippen LogP contribution in [0.5, 0.6) is 0 Å². The summed E-state index contributed by atoms with van der Waals surface area (Å²) in [5.74, 6) is -1.63. The lowest BCUT2D eigenvalue weighted by molar-refractivity contribution is -0.176. The first-order chi connectivity index (χ1) is 13.9. The number of ether oxygens (including phenoxy) is 1. The molecule has 4 aliphatic rings. The Hall–Kier alpha value is -2.08. The second-order valence-corrected chi connectivity index (χ2v) is 10.1. The molecule has 6 nitrogen and oxygen atoms in total. The molecule has 6 heteroatoms. The van der Waals surface area contributed by atoms with E-state index >= 15 is 0 Å². The molecule has 0 heterocycles. The van der Waals surface area contributed by atoms with Gasteiger partial charge < -0.3 is 9.84 Å². The smallest absolute Gasteiger partial charge is 0.303 e. The third-order valence-corrected chi connectivity index (χ3v) is 8.67. The molecule has 7 atom stereocenters. The lowest BCUT2D eigenvalue weighted by Gasteiger charge is -2.56. The predicted molar refractivity (Wildman–Crippen MR) is 108 cm³/mol. The molecule has 0 aromatic carbocycles. The maximum Gasteiger partial charge on any atom is 0.303 e. The van der Waals surface area contributed by atoms with E-state index in [-0.39, 0.29) is 41.7 Å². The van der Waals surface area contributed by atoms with Gasteiger partial charge in [-0.05, 0) is 49.2 Å². The molecule has 0 aromatic rings. The van der Waals surface area contributed by atoms with Crippen molar-refractivity contribution in [2.75, 3.05) is 6.61 Å². The van der Waals surface area contributed by atoms with Crippen molar-refractivity contribution >= 4 is 23.3 Å². The number of fused-ring (bicyclic) bond motifs is 5. The SMILES string of the molecule is CC(=O)OCC(=O)[C@@]1(O)[C@@H](C)CC2C3CCC4=CC(=O)C=C[C@]4(C)C3C(=O)C[C@@]21C. The number of rotatable bonds is 3. The highest BCUT2D eigenvalue weighted by Gasteiger charge is 2.70. The molecule has 1 N–H and O–H groups in total. The first-order valence-corrected chi connectivity index (χ1v) is 10.8. The quantitative estimate of drug-likeness (QED) is 0.713. The Morgan fingerprint density at radius 1 is 1.27 bits per heavy atom. The van der Waals surface area contributed by atoms with Crippen LogP contribution in [0.4, 0.5) is 0 Å². The third-order valence-electron chi connectivity index (χ3n) is 8.67. The molecule has 3 saturated carbocycles. The topological polar surface area (TPSA) is 97.7 Å². The fourth-order valence-electron chi connectivity index (χ4n) is 7.24. The van der Waals surface area contributed by atoms with Gasteiger partial charge in [0.25, 0.3) is 0 Å². The molecule has 0 radical (unpaired) electrons. The molecule has 0 saturated heterocycles. The van der Waals surface area contributed by atoms with Crippen LogP contribution in [0.2, 0.25) is 0 Å². The van der Waals surface area contributed by atoms with E-state index in [1.54, 1.807) is 12.2 Å². The zero-order valence-electron chi connectivity index (χ0n) is 18.1. The van der Waals surface area contributed by atoms with Crippen molar-refractivity contribution in [2.45, 2.75) is 59.0 Å². The average Bonchev–Trinajstić information content (AvgIpc) is 2.87. The maximum absolute atomic E-state index is 13.5. The summed E-state index contributed by atoms with van der Waals surface area (Å²) in [5.41, 5.74) is -2.07. The number of allylic oxidation sites excluding steroid dienone is 4. The van der Waals surface area contributed by atoms with E-state index in [1.165, 1.54) is 6.92 Å². The minimum absolute atomic E-state index is 0.00545. The van der Waals surface area contributed by atoms with Gasteiger partial charge >= 0.3 is 5.97 Å². The maximum atomic E-state index is 13.5. The second kappa shape index (κ2) is 6.71. The van der Waals surface area contributed by atoms with Gasteiger partial charge in [0.15, 0.2) is 12.4 Å². The molecule has 3 unspecified atom stereocenters. The fourth-order valence-corrected chi connectivity index (χ4v) is 7.24. The standard InChI is InChI=1S/C24H30O6/c1-13-9-18-17-6-5-15-10-16(26)7-8-22(15,3)21(17)19(27)11-23(18,4)24(13,29)20(28)12-30-14(2)25/h7-8,10,13,17-18,21,29H,5-6,9,11-12H2,1-4H3/t13-,17?,18?,21?,22-,23-,24-/m0/s1. The van der Waals surface area contributed by atoms with Gasteiger partial charge in [0.1, 0.15) is 11.4 Å². The molecular weight excluding hydrogens is 384 g/mol. The summed E-state index contributed by atoms with van der Waals surface area (Å²) >= 11 is 0. The van der Waals surface area contributed by atoms with Crippen molar-refractivity contribution < 1.29 is 29.0 Å². The van der Waals surface area contributed by atoms with Crippen LogP contribution in [-0.2, 0) is 23.9 Å². The minimum Gasteiger partial charge on any atom is -0.458 e. The molecular formula is C24H30O6. The predicted octanol–water partition coefficient (Wildman–Crippen LogP) is 2.58. The van der Waals surface area contributed by atoms with Gasteiger partial charge in [-0.2, -0.15) is 0 Å². The Balaban J connectivity index is 1.71. The van der Waals surface area contributed by atoms with E-state index in [1.807, 2.05) is 26.8 Å². The summed E-state index contributed by atoms with van der Waals surface area (Å²) in [6, 6.07) is 0. The first-order valence-electron chi connectivity index (χ1n) is 10.8. The van der Waals surface area contributed by atoms with E-state index in [9.17, 15) is 24.3 Å². The Bertz CT molecular complexity index is 899. The molecule has 0 aliphatic heterocycles. The zero-order valence-corrected chi connectivity index (χ0v) is 18.1. The van der Waals surface area contributed by atoms with E-state index in [4.69, 9.17) is 4.74 Å². The summed E-state index contributed by atoms with van der Waals surface area (Å²) in [6.45, 7) is 6.50. The van der Waals surface area contributed by atoms with Crippen molar-refractivity contribution in [1.82, 2.24) is 0 Å². The van der Waals surface area contributed by atoms with Gasteiger partial charge in [-0.3, -0.25) is 19.2 Å². The van der Waals surface area contributed by atoms with Gasteiger partial charge in [0.05, 0.1) is 0 Å². The van der Waals surface area contributed by atoms with Crippen LogP contribution in [0, 0.1) is 34.5 Å². The van der Waals surface area contributed by atoms with E-state index < -0.39 is 34.8 Å². The highest BCUT2D eigenvalue weighted by atomic mass is 16.5. The normalized spacial score (nSPS) is 44.6. The molecule has 0 amide bonds. The Morgan fingerprint density at radius 2 is 1.97 bits per heavy atom. The van der Waals surface area contributed by atoms with Crippen LogP contribution in [0.3, 0.4) is 0 Å². The Kier molecular flexibility index (Phi) is 4.73. The molecule has 4 rings (SSSR count). The van der Waals surface area contributed by atoms with Gasteiger partial charge in [0.2, 0.25) is 5.78 Å². The molecule has 0 aromatic heterocycles. The molecule has 30 heavy (non-hydrogen) atoms. The lowest BCUT2D eigenvalue weighted by atomic mass is 9.46. The van der Waals surface area contributed by atoms with Crippen LogP contribution in [-0.4, -0.2) is 40.6 Å². The fraction of sp³-hybridized carbons (Fsp3) is 0.667. The first kappa shape index (κ1) is 21.2. The summed E-state index contributed by atoms with van der Waals surface area (Å²) in [4.78, 5) is 49.7. The van der Waals surface area contributed by atoms with Crippen molar-refractivity contribution in [3.8, 4) is 0 Å². The van der Waals surface area contributed by atoms with Crippen LogP contribution in [0.15, 0.2) is 23.8 Å². The summed E-state index contributed by atoms with van der Waals surface area (Å²) in [5, 5.41) is 11.7. The lowest BCUT2D eigenvalue weighted by Crippen LogP contribution is -2.62. The van der Waals surface area contributed by atoms with Crippen molar-refractivity contribution in [3.05, 3.63) is 23.8 Å². The third kappa shape index (κ3) is 2.65. The zero-order chi connectivity index (χ0) is 22.1. The van der Waals surface area contributed by atoms with E-state index in [2.05, 4.69) is 0 Å². The van der Waals surface area contributed by atoms with Crippen molar-refractivity contribution in [2.24, 2.45) is 34.5 Å². The molecule has 4 aliphatic carbocycles. The van der Waals surface area contributed by atoms with Crippen LogP contribution < -0.4 is 0 Å². The number of hydrogen-bond donors (Lipinski definition) is 1. The van der Waals surface area contributed by atoms with Crippen LogP contribution in [0.25, 0.3) is 0 Å². The van der Waals surface area contributed by atoms with Crippen LogP contribution in [0.1, 0.15) is 53.4 Å². The van der Waals surface area contributed by atoms with E-state index in [0.717, 1.165) is 18.4 Å². The number of aliphatic hydroxyl groups is 1. The van der Waals surface area contributed by atoms with E-state index in [0.29, 0.717) is 6.42 Å². The molecule has 0 spiro atoms. The number of carbonyl (C=O) groups is 4. The molecule has 162 valence electrons. The number of ketones is 3. The van der Waals surface area contributed by atoms with Crippen molar-refractivity contribution in [1.29, 1.82) is 0 Å². The number of hydrogen-bond acceptors (Lipinski definition) is 6. The monoisotopic (exact) mass is 414 g/mol. The number of carbonyl (C=O) groups excluding carboxylic acids is 4. The molecule has 3 fully saturated rings. The van der Waals surface area contributed by atoms with Crippen molar-refractivity contribution in [3.63, 3.8) is 0 Å². The second-order valence-electron chi connectivity index (χ2n) is 10.1. The van der Waals surface area contributed by atoms with Gasteiger partial charge in [-0.15, -0.1) is 0 Å². The minimum atomic E-state index is -1.71. The summed E-state index contributed by atoms with van der Waals surface area (Å²) < 4.78 is 4.90. The average molecular weight is 414 g/mol. The van der Waals surface area contributed by atoms with Gasteiger partial charge in [0, 0.05) is 30.1 Å². The van der Waals surface area contributed by atoms with Crippen LogP contribution >= 0.6 is 0 Å². The highest BCUT2D eigenvalue weighted by molar-refractivity contribution is 6.02. The Morgan fingerprint density at radius 3 is 2.63 bits per heavy atom. The summed E-state index contributed by atoms with van der Waals surface area (Å²) in [6.07, 6.45) is 7.37. The van der Waals surface area contributed by atoms with Gasteiger partial charge in [-0.1, -0.05) is 32.4 Å². The largest absolute Gasteiger partial charge is 0.458 e. The highest BCUT2D eigenvalue weighted by Crippen LogP contribution is 2.67. The molecule has 0 bridgehead atoms. The number of Topliss-reactive ketones (excluding diaryl/α,β-unsaturated/α-hetero) is 2. The number of esters is 1. The van der Waals surface area contributed by atoms with Gasteiger partial charge in [-0.25, -0.2) is 0 Å². The Labute approximate surface area is 176 Å². The summed E-state index contributed by atoms with van der Waals surface area (Å²) in [7, 11) is 0.